The lowest BCUT2D eigenvalue weighted by atomic mass is 10.2. The van der Waals surface area contributed by atoms with Crippen molar-refractivity contribution >= 4 is 17.6 Å². The fourth-order valence-electron chi connectivity index (χ4n) is 0.921. The zero-order valence-electron chi connectivity index (χ0n) is 9.11. The predicted molar refractivity (Wildman–Crippen MR) is 62.8 cm³/mol. The number of aromatic nitrogens is 2. The van der Waals surface area contributed by atoms with E-state index in [2.05, 4.69) is 41.7 Å². The van der Waals surface area contributed by atoms with Crippen LogP contribution < -0.4 is 5.32 Å². The number of nitrogens with zero attached hydrogens (tertiary/aromatic N) is 3. The van der Waals surface area contributed by atoms with E-state index in [1.807, 2.05) is 0 Å². The molecule has 1 heterocycles. The van der Waals surface area contributed by atoms with Gasteiger partial charge < -0.3 is 5.32 Å². The number of rotatable bonds is 4. The van der Waals surface area contributed by atoms with E-state index in [0.717, 1.165) is 6.54 Å². The Labute approximate surface area is 94.1 Å². The summed E-state index contributed by atoms with van der Waals surface area (Å²) in [5, 5.41) is 19.6. The van der Waals surface area contributed by atoms with Gasteiger partial charge >= 0.3 is 0 Å². The quantitative estimate of drug-likeness (QED) is 0.843. The third kappa shape index (κ3) is 3.40. The standard InChI is InChI=1S/C10H14N4S/c1-10(2,15-3)7-12-9-8(6-11)4-5-13-14-9/h4-5H,7H2,1-3H3,(H,12,14). The third-order valence-electron chi connectivity index (χ3n) is 2.08. The van der Waals surface area contributed by atoms with Crippen molar-refractivity contribution in [3.8, 4) is 6.07 Å². The highest BCUT2D eigenvalue weighted by Crippen LogP contribution is 2.21. The second-order valence-electron chi connectivity index (χ2n) is 3.72. The van der Waals surface area contributed by atoms with Crippen molar-refractivity contribution in [3.63, 3.8) is 0 Å². The topological polar surface area (TPSA) is 61.6 Å². The molecule has 0 aliphatic carbocycles. The number of nitriles is 1. The normalized spacial score (nSPS) is 10.8. The molecule has 1 rings (SSSR count). The second-order valence-corrected chi connectivity index (χ2v) is 5.24. The van der Waals surface area contributed by atoms with E-state index in [1.165, 1.54) is 6.20 Å². The zero-order valence-corrected chi connectivity index (χ0v) is 9.93. The van der Waals surface area contributed by atoms with Crippen LogP contribution in [-0.4, -0.2) is 27.7 Å². The molecular formula is C10H14N4S. The van der Waals surface area contributed by atoms with Gasteiger partial charge in [0, 0.05) is 11.3 Å². The van der Waals surface area contributed by atoms with Gasteiger partial charge in [-0.1, -0.05) is 0 Å². The first-order valence-electron chi connectivity index (χ1n) is 4.60. The molecule has 0 saturated carbocycles. The smallest absolute Gasteiger partial charge is 0.166 e. The van der Waals surface area contributed by atoms with Gasteiger partial charge in [0.15, 0.2) is 5.82 Å². The fraction of sp³-hybridized carbons (Fsp3) is 0.500. The van der Waals surface area contributed by atoms with Crippen molar-refractivity contribution in [2.24, 2.45) is 0 Å². The van der Waals surface area contributed by atoms with Crippen molar-refractivity contribution in [3.05, 3.63) is 17.8 Å². The van der Waals surface area contributed by atoms with Crippen LogP contribution in [0.4, 0.5) is 5.82 Å². The minimum Gasteiger partial charge on any atom is -0.366 e. The minimum atomic E-state index is 0.115. The van der Waals surface area contributed by atoms with Crippen LogP contribution in [0.3, 0.4) is 0 Å². The summed E-state index contributed by atoms with van der Waals surface area (Å²) in [6, 6.07) is 3.73. The first kappa shape index (κ1) is 11.8. The molecule has 0 bridgehead atoms. The van der Waals surface area contributed by atoms with Crippen LogP contribution in [0.25, 0.3) is 0 Å². The Kier molecular flexibility index (Phi) is 3.92. The lowest BCUT2D eigenvalue weighted by molar-refractivity contribution is 0.747. The van der Waals surface area contributed by atoms with Gasteiger partial charge in [0.25, 0.3) is 0 Å². The highest BCUT2D eigenvalue weighted by Gasteiger charge is 2.16. The van der Waals surface area contributed by atoms with Crippen molar-refractivity contribution < 1.29 is 0 Å². The highest BCUT2D eigenvalue weighted by molar-refractivity contribution is 7.99. The summed E-state index contributed by atoms with van der Waals surface area (Å²) in [6.07, 6.45) is 3.58. The molecule has 0 aromatic carbocycles. The van der Waals surface area contributed by atoms with Crippen LogP contribution in [-0.2, 0) is 0 Å². The van der Waals surface area contributed by atoms with E-state index in [0.29, 0.717) is 11.4 Å². The summed E-state index contributed by atoms with van der Waals surface area (Å²) >= 11 is 1.77. The Balaban J connectivity index is 2.70. The molecule has 0 amide bonds. The van der Waals surface area contributed by atoms with Crippen molar-refractivity contribution in [1.82, 2.24) is 10.2 Å². The maximum atomic E-state index is 8.84. The van der Waals surface area contributed by atoms with Crippen LogP contribution >= 0.6 is 11.8 Å². The molecule has 1 N–H and O–H groups in total. The largest absolute Gasteiger partial charge is 0.366 e. The molecule has 1 aromatic heterocycles. The molecule has 1 aromatic rings. The van der Waals surface area contributed by atoms with Crippen LogP contribution in [0.15, 0.2) is 12.3 Å². The number of anilines is 1. The van der Waals surface area contributed by atoms with E-state index in [-0.39, 0.29) is 4.75 Å². The van der Waals surface area contributed by atoms with Crippen LogP contribution in [0, 0.1) is 11.3 Å². The highest BCUT2D eigenvalue weighted by atomic mass is 32.2. The van der Waals surface area contributed by atoms with E-state index < -0.39 is 0 Å². The lowest BCUT2D eigenvalue weighted by Gasteiger charge is -2.22. The summed E-state index contributed by atoms with van der Waals surface area (Å²) in [4.78, 5) is 0. The molecule has 0 fully saturated rings. The van der Waals surface area contributed by atoms with Gasteiger partial charge in [-0.15, -0.1) is 5.10 Å². The van der Waals surface area contributed by atoms with Gasteiger partial charge in [-0.05, 0) is 26.2 Å². The summed E-state index contributed by atoms with van der Waals surface area (Å²) in [7, 11) is 0. The Hall–Kier alpha value is -1.28. The van der Waals surface area contributed by atoms with Gasteiger partial charge in [-0.25, -0.2) is 0 Å². The average molecular weight is 222 g/mol. The molecule has 80 valence electrons. The predicted octanol–water partition coefficient (Wildman–Crippen LogP) is 1.90. The second kappa shape index (κ2) is 4.99. The Morgan fingerprint density at radius 2 is 2.33 bits per heavy atom. The molecule has 15 heavy (non-hydrogen) atoms. The lowest BCUT2D eigenvalue weighted by Crippen LogP contribution is -2.26. The van der Waals surface area contributed by atoms with Crippen LogP contribution in [0.5, 0.6) is 0 Å². The van der Waals surface area contributed by atoms with E-state index in [1.54, 1.807) is 17.8 Å². The zero-order chi connectivity index (χ0) is 11.3. The molecule has 0 aliphatic rings. The molecule has 0 spiro atoms. The minimum absolute atomic E-state index is 0.115. The SMILES string of the molecule is CSC(C)(C)CNc1nnccc1C#N. The van der Waals surface area contributed by atoms with E-state index in [9.17, 15) is 0 Å². The molecule has 5 heteroatoms. The van der Waals surface area contributed by atoms with E-state index >= 15 is 0 Å². The number of hydrogen-bond donors (Lipinski definition) is 1. The van der Waals surface area contributed by atoms with Crippen molar-refractivity contribution in [2.75, 3.05) is 18.1 Å². The molecule has 0 saturated heterocycles. The number of nitrogens with one attached hydrogen (secondary N) is 1. The Morgan fingerprint density at radius 3 is 2.93 bits per heavy atom. The van der Waals surface area contributed by atoms with Gasteiger partial charge in [0.1, 0.15) is 6.07 Å². The fourth-order valence-corrected chi connectivity index (χ4v) is 1.14. The average Bonchev–Trinajstić information content (AvgIpc) is 2.27. The molecule has 0 aliphatic heterocycles. The van der Waals surface area contributed by atoms with Gasteiger partial charge in [0.05, 0.1) is 11.8 Å². The Bertz CT molecular complexity index is 370. The van der Waals surface area contributed by atoms with Gasteiger partial charge in [-0.2, -0.15) is 22.1 Å². The summed E-state index contributed by atoms with van der Waals surface area (Å²) in [5.74, 6) is 0.558. The number of hydrogen-bond acceptors (Lipinski definition) is 5. The molecule has 0 atom stereocenters. The van der Waals surface area contributed by atoms with Crippen molar-refractivity contribution in [1.29, 1.82) is 5.26 Å². The first-order valence-corrected chi connectivity index (χ1v) is 5.82. The maximum absolute atomic E-state index is 8.84. The molecular weight excluding hydrogens is 208 g/mol. The summed E-state index contributed by atoms with van der Waals surface area (Å²) < 4.78 is 0.115. The van der Waals surface area contributed by atoms with Crippen LogP contribution in [0.2, 0.25) is 0 Å². The molecule has 4 nitrogen and oxygen atoms in total. The van der Waals surface area contributed by atoms with Gasteiger partial charge in [0.2, 0.25) is 0 Å². The van der Waals surface area contributed by atoms with Crippen molar-refractivity contribution in [2.45, 2.75) is 18.6 Å². The Morgan fingerprint density at radius 1 is 1.60 bits per heavy atom. The van der Waals surface area contributed by atoms with Crippen LogP contribution in [0.1, 0.15) is 19.4 Å². The molecule has 0 radical (unpaired) electrons. The van der Waals surface area contributed by atoms with E-state index in [4.69, 9.17) is 5.26 Å². The summed E-state index contributed by atoms with van der Waals surface area (Å²) in [5.41, 5.74) is 0.530. The number of thioether (sulfide) groups is 1. The molecule has 0 unspecified atom stereocenters. The maximum Gasteiger partial charge on any atom is 0.166 e. The first-order chi connectivity index (χ1) is 7.09. The summed E-state index contributed by atoms with van der Waals surface area (Å²) in [6.45, 7) is 5.02. The monoisotopic (exact) mass is 222 g/mol. The third-order valence-corrected chi connectivity index (χ3v) is 3.32. The van der Waals surface area contributed by atoms with Gasteiger partial charge in [-0.3, -0.25) is 0 Å².